The molecule has 1 N–H and O–H groups in total. The van der Waals surface area contributed by atoms with Gasteiger partial charge in [0.1, 0.15) is 5.01 Å². The third-order valence-corrected chi connectivity index (χ3v) is 7.00. The highest BCUT2D eigenvalue weighted by Gasteiger charge is 2.21. The molecule has 0 aliphatic carbocycles. The summed E-state index contributed by atoms with van der Waals surface area (Å²) in [7, 11) is 0.756. The van der Waals surface area contributed by atoms with Gasteiger partial charge in [0.25, 0.3) is 5.91 Å². The smallest absolute Gasteiger partial charge is 0.296 e. The zero-order valence-electron chi connectivity index (χ0n) is 15.8. The number of aromatic nitrogens is 2. The van der Waals surface area contributed by atoms with Gasteiger partial charge in [0.15, 0.2) is 0 Å². The van der Waals surface area contributed by atoms with Gasteiger partial charge in [0.2, 0.25) is 5.13 Å². The van der Waals surface area contributed by atoms with E-state index >= 15 is 0 Å². The van der Waals surface area contributed by atoms with Gasteiger partial charge >= 0.3 is 10.2 Å². The molecule has 1 amide bonds. The summed E-state index contributed by atoms with van der Waals surface area (Å²) in [6.45, 7) is 0. The van der Waals surface area contributed by atoms with Gasteiger partial charge in [-0.2, -0.15) is 12.7 Å². The standard InChI is InChI=1S/C18H18ClN5O3S2/c1-23(2)29(26,27)24(3)15-10-6-12(7-11-15)16(25)20-18-22-21-17(28-18)13-4-8-14(19)9-5-13/h4-11H,1-3H3,(H,20,22,25). The molecule has 3 aromatic rings. The molecule has 1 aromatic heterocycles. The van der Waals surface area contributed by atoms with Gasteiger partial charge in [-0.05, 0) is 36.4 Å². The molecule has 152 valence electrons. The van der Waals surface area contributed by atoms with Gasteiger partial charge in [-0.15, -0.1) is 10.2 Å². The first-order valence-corrected chi connectivity index (χ1v) is 10.9. The Balaban J connectivity index is 1.71. The monoisotopic (exact) mass is 451 g/mol. The van der Waals surface area contributed by atoms with E-state index in [1.54, 1.807) is 36.4 Å². The van der Waals surface area contributed by atoms with Crippen LogP contribution in [0.2, 0.25) is 5.02 Å². The van der Waals surface area contributed by atoms with E-state index in [1.807, 2.05) is 12.1 Å². The maximum Gasteiger partial charge on any atom is 0.303 e. The zero-order valence-corrected chi connectivity index (χ0v) is 18.2. The number of anilines is 2. The SMILES string of the molecule is CN(C)S(=O)(=O)N(C)c1ccc(C(=O)Nc2nnc(-c3ccc(Cl)cc3)s2)cc1. The quantitative estimate of drug-likeness (QED) is 0.620. The molecule has 0 saturated heterocycles. The second-order valence-electron chi connectivity index (χ2n) is 6.18. The van der Waals surface area contributed by atoms with Crippen LogP contribution < -0.4 is 9.62 Å². The highest BCUT2D eigenvalue weighted by atomic mass is 35.5. The molecule has 29 heavy (non-hydrogen) atoms. The first kappa shape index (κ1) is 21.2. The first-order valence-electron chi connectivity index (χ1n) is 8.36. The van der Waals surface area contributed by atoms with E-state index in [0.717, 1.165) is 14.2 Å². The fraction of sp³-hybridized carbons (Fsp3) is 0.167. The normalized spacial score (nSPS) is 11.5. The van der Waals surface area contributed by atoms with Gasteiger partial charge in [-0.25, -0.2) is 0 Å². The van der Waals surface area contributed by atoms with Gasteiger partial charge in [-0.3, -0.25) is 14.4 Å². The van der Waals surface area contributed by atoms with Gasteiger partial charge in [0.05, 0.1) is 5.69 Å². The van der Waals surface area contributed by atoms with Crippen LogP contribution in [-0.2, 0) is 10.2 Å². The lowest BCUT2D eigenvalue weighted by atomic mass is 10.2. The molecule has 0 saturated carbocycles. The Morgan fingerprint density at radius 2 is 1.62 bits per heavy atom. The Morgan fingerprint density at radius 1 is 1.00 bits per heavy atom. The zero-order chi connectivity index (χ0) is 21.2. The third-order valence-electron chi connectivity index (χ3n) is 4.04. The Kier molecular flexibility index (Phi) is 6.18. The lowest BCUT2D eigenvalue weighted by Crippen LogP contribution is -2.37. The molecule has 1 heterocycles. The molecular formula is C18H18ClN5O3S2. The maximum atomic E-state index is 12.5. The summed E-state index contributed by atoms with van der Waals surface area (Å²) >= 11 is 7.12. The number of hydrogen-bond acceptors (Lipinski definition) is 6. The molecule has 0 bridgehead atoms. The average Bonchev–Trinajstić information content (AvgIpc) is 3.16. The summed E-state index contributed by atoms with van der Waals surface area (Å²) in [5, 5.41) is 12.4. The topological polar surface area (TPSA) is 95.5 Å². The fourth-order valence-electron chi connectivity index (χ4n) is 2.35. The molecule has 0 aliphatic heterocycles. The van der Waals surface area contributed by atoms with Crippen molar-refractivity contribution in [3.05, 3.63) is 59.1 Å². The predicted molar refractivity (Wildman–Crippen MR) is 116 cm³/mol. The van der Waals surface area contributed by atoms with Crippen molar-refractivity contribution in [2.24, 2.45) is 0 Å². The van der Waals surface area contributed by atoms with Crippen LogP contribution in [0.3, 0.4) is 0 Å². The second-order valence-corrected chi connectivity index (χ2v) is 9.77. The molecule has 3 rings (SSSR count). The molecule has 8 nitrogen and oxygen atoms in total. The van der Waals surface area contributed by atoms with Crippen LogP contribution in [0.15, 0.2) is 48.5 Å². The molecule has 11 heteroatoms. The number of carbonyl (C=O) groups excluding carboxylic acids is 1. The lowest BCUT2D eigenvalue weighted by Gasteiger charge is -2.23. The molecule has 0 unspecified atom stereocenters. The van der Waals surface area contributed by atoms with E-state index in [0.29, 0.717) is 26.4 Å². The van der Waals surface area contributed by atoms with Crippen LogP contribution in [0.4, 0.5) is 10.8 Å². The van der Waals surface area contributed by atoms with E-state index < -0.39 is 10.2 Å². The van der Waals surface area contributed by atoms with Crippen molar-refractivity contribution in [1.29, 1.82) is 0 Å². The average molecular weight is 452 g/mol. The van der Waals surface area contributed by atoms with Crippen LogP contribution in [-0.4, -0.2) is 50.0 Å². The van der Waals surface area contributed by atoms with Crippen molar-refractivity contribution in [3.8, 4) is 10.6 Å². The summed E-state index contributed by atoms with van der Waals surface area (Å²) < 4.78 is 26.6. The van der Waals surface area contributed by atoms with Crippen LogP contribution in [0.1, 0.15) is 10.4 Å². The maximum absolute atomic E-state index is 12.5. The first-order chi connectivity index (χ1) is 13.7. The minimum absolute atomic E-state index is 0.358. The molecule has 0 atom stereocenters. The summed E-state index contributed by atoms with van der Waals surface area (Å²) in [6.07, 6.45) is 0. The van der Waals surface area contributed by atoms with Gasteiger partial charge in [-0.1, -0.05) is 35.1 Å². The van der Waals surface area contributed by atoms with Crippen molar-refractivity contribution in [1.82, 2.24) is 14.5 Å². The number of rotatable bonds is 6. The number of amides is 1. The van der Waals surface area contributed by atoms with Crippen LogP contribution in [0.25, 0.3) is 10.6 Å². The summed E-state index contributed by atoms with van der Waals surface area (Å²) in [5.74, 6) is -0.367. The highest BCUT2D eigenvalue weighted by Crippen LogP contribution is 2.27. The van der Waals surface area contributed by atoms with Crippen molar-refractivity contribution >= 4 is 49.9 Å². The molecule has 0 spiro atoms. The molecule has 2 aromatic carbocycles. The van der Waals surface area contributed by atoms with Crippen LogP contribution >= 0.6 is 22.9 Å². The minimum Gasteiger partial charge on any atom is -0.296 e. The second kappa shape index (κ2) is 8.46. The number of hydrogen-bond donors (Lipinski definition) is 1. The van der Waals surface area contributed by atoms with E-state index in [-0.39, 0.29) is 5.91 Å². The molecular weight excluding hydrogens is 434 g/mol. The molecule has 0 radical (unpaired) electrons. The van der Waals surface area contributed by atoms with E-state index in [9.17, 15) is 13.2 Å². The number of nitrogens with zero attached hydrogens (tertiary/aromatic N) is 4. The Morgan fingerprint density at radius 3 is 2.21 bits per heavy atom. The lowest BCUT2D eigenvalue weighted by molar-refractivity contribution is 0.102. The van der Waals surface area contributed by atoms with E-state index in [4.69, 9.17) is 11.6 Å². The molecule has 0 fully saturated rings. The van der Waals surface area contributed by atoms with Gasteiger partial charge < -0.3 is 0 Å². The Labute approximate surface area is 177 Å². The number of carbonyl (C=O) groups is 1. The third kappa shape index (κ3) is 4.73. The largest absolute Gasteiger partial charge is 0.303 e. The number of halogens is 1. The summed E-state index contributed by atoms with van der Waals surface area (Å²) in [4.78, 5) is 12.5. The Hall–Kier alpha value is -2.53. The minimum atomic E-state index is -3.60. The Bertz CT molecular complexity index is 1110. The van der Waals surface area contributed by atoms with Crippen LogP contribution in [0.5, 0.6) is 0 Å². The number of benzene rings is 2. The van der Waals surface area contributed by atoms with Crippen molar-refractivity contribution in [2.75, 3.05) is 30.8 Å². The fourth-order valence-corrected chi connectivity index (χ4v) is 4.10. The highest BCUT2D eigenvalue weighted by molar-refractivity contribution is 7.90. The van der Waals surface area contributed by atoms with Crippen LogP contribution in [0, 0.1) is 0 Å². The molecule has 0 aliphatic rings. The predicted octanol–water partition coefficient (Wildman–Crippen LogP) is 3.35. The van der Waals surface area contributed by atoms with E-state index in [2.05, 4.69) is 15.5 Å². The van der Waals surface area contributed by atoms with Crippen molar-refractivity contribution < 1.29 is 13.2 Å². The summed E-state index contributed by atoms with van der Waals surface area (Å²) in [6, 6.07) is 13.4. The summed E-state index contributed by atoms with van der Waals surface area (Å²) in [5.41, 5.74) is 1.66. The van der Waals surface area contributed by atoms with E-state index in [1.165, 1.54) is 32.5 Å². The van der Waals surface area contributed by atoms with Crippen molar-refractivity contribution in [3.63, 3.8) is 0 Å². The number of nitrogens with one attached hydrogen (secondary N) is 1. The van der Waals surface area contributed by atoms with Crippen molar-refractivity contribution in [2.45, 2.75) is 0 Å². The van der Waals surface area contributed by atoms with Gasteiger partial charge in [0, 0.05) is 37.3 Å².